The normalized spacial score (nSPS) is 22.2. The van der Waals surface area contributed by atoms with Crippen LogP contribution >= 0.6 is 0 Å². The lowest BCUT2D eigenvalue weighted by Crippen LogP contribution is -2.36. The first-order valence-corrected chi connectivity index (χ1v) is 7.09. The first kappa shape index (κ1) is 14.6. The van der Waals surface area contributed by atoms with E-state index >= 15 is 0 Å². The van der Waals surface area contributed by atoms with E-state index in [2.05, 4.69) is 0 Å². The lowest BCUT2D eigenvalue weighted by molar-refractivity contribution is -0.145. The van der Waals surface area contributed by atoms with Gasteiger partial charge in [-0.1, -0.05) is 36.8 Å². The number of nitrogens with zero attached hydrogens (tertiary/aromatic N) is 1. The van der Waals surface area contributed by atoms with Crippen molar-refractivity contribution >= 4 is 11.9 Å². The van der Waals surface area contributed by atoms with Gasteiger partial charge in [-0.3, -0.25) is 9.59 Å². The fraction of sp³-hybridized carbons (Fsp3) is 0.500. The van der Waals surface area contributed by atoms with Crippen LogP contribution in [0.15, 0.2) is 30.3 Å². The van der Waals surface area contributed by atoms with Gasteiger partial charge < -0.3 is 10.0 Å². The van der Waals surface area contributed by atoms with Gasteiger partial charge >= 0.3 is 5.97 Å². The highest BCUT2D eigenvalue weighted by atomic mass is 16.4. The highest BCUT2D eigenvalue weighted by Crippen LogP contribution is 2.30. The van der Waals surface area contributed by atoms with Gasteiger partial charge in [0.1, 0.15) is 0 Å². The standard InChI is InChI=1S/C16H21NO3/c1-17(11-12-6-3-2-4-7-12)15(18)13-8-5-9-14(10-13)16(19)20/h2-4,6-7,13-14H,5,8-11H2,1H3,(H,19,20)/t13-,14+/m1/s1. The maximum atomic E-state index is 12.4. The van der Waals surface area contributed by atoms with Gasteiger partial charge in [0.2, 0.25) is 5.91 Å². The molecule has 4 heteroatoms. The SMILES string of the molecule is CN(Cc1ccccc1)C(=O)[C@@H]1CCC[C@H](C(=O)O)C1. The van der Waals surface area contributed by atoms with Gasteiger partial charge in [0, 0.05) is 19.5 Å². The molecule has 108 valence electrons. The molecule has 0 bridgehead atoms. The predicted octanol–water partition coefficient (Wildman–Crippen LogP) is 2.54. The zero-order chi connectivity index (χ0) is 14.5. The van der Waals surface area contributed by atoms with Gasteiger partial charge in [-0.2, -0.15) is 0 Å². The van der Waals surface area contributed by atoms with E-state index in [1.165, 1.54) is 0 Å². The first-order chi connectivity index (χ1) is 9.58. The second kappa shape index (κ2) is 6.55. The Labute approximate surface area is 119 Å². The van der Waals surface area contributed by atoms with Crippen LogP contribution in [0, 0.1) is 11.8 Å². The number of carbonyl (C=O) groups excluding carboxylic acids is 1. The number of carbonyl (C=O) groups is 2. The van der Waals surface area contributed by atoms with Gasteiger partial charge in [-0.25, -0.2) is 0 Å². The number of aliphatic carboxylic acids is 1. The quantitative estimate of drug-likeness (QED) is 0.918. The molecule has 2 atom stereocenters. The Hall–Kier alpha value is -1.84. The summed E-state index contributed by atoms with van der Waals surface area (Å²) in [5, 5.41) is 9.09. The van der Waals surface area contributed by atoms with Crippen molar-refractivity contribution in [1.29, 1.82) is 0 Å². The lowest BCUT2D eigenvalue weighted by atomic mass is 9.81. The summed E-state index contributed by atoms with van der Waals surface area (Å²) in [5.74, 6) is -1.20. The molecule has 2 rings (SSSR count). The molecular weight excluding hydrogens is 254 g/mol. The Morgan fingerprint density at radius 1 is 1.20 bits per heavy atom. The van der Waals surface area contributed by atoms with E-state index in [-0.39, 0.29) is 17.7 Å². The molecule has 0 saturated heterocycles. The second-order valence-corrected chi connectivity index (χ2v) is 5.58. The van der Waals surface area contributed by atoms with Gasteiger partial charge in [0.25, 0.3) is 0 Å². The molecule has 4 nitrogen and oxygen atoms in total. The largest absolute Gasteiger partial charge is 0.481 e. The van der Waals surface area contributed by atoms with Crippen LogP contribution in [-0.4, -0.2) is 28.9 Å². The summed E-state index contributed by atoms with van der Waals surface area (Å²) in [6.07, 6.45) is 2.81. The van der Waals surface area contributed by atoms with Crippen LogP contribution in [0.25, 0.3) is 0 Å². The molecule has 1 amide bonds. The third-order valence-corrected chi connectivity index (χ3v) is 4.01. The molecule has 1 saturated carbocycles. The van der Waals surface area contributed by atoms with Crippen LogP contribution in [0.2, 0.25) is 0 Å². The van der Waals surface area contributed by atoms with Gasteiger partial charge in [0.05, 0.1) is 5.92 Å². The topological polar surface area (TPSA) is 57.6 Å². The average molecular weight is 275 g/mol. The average Bonchev–Trinajstić information content (AvgIpc) is 2.47. The summed E-state index contributed by atoms with van der Waals surface area (Å²) in [4.78, 5) is 25.2. The van der Waals surface area contributed by atoms with Gasteiger partial charge in [-0.15, -0.1) is 0 Å². The number of amides is 1. The summed E-state index contributed by atoms with van der Waals surface area (Å²) < 4.78 is 0. The zero-order valence-electron chi connectivity index (χ0n) is 11.8. The Kier molecular flexibility index (Phi) is 4.77. The molecule has 0 heterocycles. The smallest absolute Gasteiger partial charge is 0.306 e. The minimum Gasteiger partial charge on any atom is -0.481 e. The Balaban J connectivity index is 1.94. The number of hydrogen-bond acceptors (Lipinski definition) is 2. The van der Waals surface area contributed by atoms with Crippen molar-refractivity contribution in [3.63, 3.8) is 0 Å². The van der Waals surface area contributed by atoms with E-state index in [0.29, 0.717) is 19.4 Å². The van der Waals surface area contributed by atoms with Crippen molar-refractivity contribution < 1.29 is 14.7 Å². The van der Waals surface area contributed by atoms with E-state index in [9.17, 15) is 9.59 Å². The molecule has 1 aliphatic rings. The van der Waals surface area contributed by atoms with Gasteiger partial charge in [0.15, 0.2) is 0 Å². The fourth-order valence-electron chi connectivity index (χ4n) is 2.89. The molecule has 1 aliphatic carbocycles. The van der Waals surface area contributed by atoms with E-state index in [1.807, 2.05) is 30.3 Å². The molecule has 0 spiro atoms. The minimum atomic E-state index is -0.770. The van der Waals surface area contributed by atoms with Crippen molar-refractivity contribution in [1.82, 2.24) is 4.90 Å². The lowest BCUT2D eigenvalue weighted by Gasteiger charge is -2.29. The van der Waals surface area contributed by atoms with Crippen molar-refractivity contribution in [3.05, 3.63) is 35.9 Å². The molecule has 1 N–H and O–H groups in total. The van der Waals surface area contributed by atoms with E-state index in [1.54, 1.807) is 11.9 Å². The number of rotatable bonds is 4. The Morgan fingerprint density at radius 2 is 1.85 bits per heavy atom. The molecule has 0 aromatic heterocycles. The van der Waals surface area contributed by atoms with Crippen molar-refractivity contribution in [2.24, 2.45) is 11.8 Å². The van der Waals surface area contributed by atoms with Crippen LogP contribution in [0.5, 0.6) is 0 Å². The number of carboxylic acids is 1. The van der Waals surface area contributed by atoms with E-state index in [4.69, 9.17) is 5.11 Å². The molecule has 0 radical (unpaired) electrons. The highest BCUT2D eigenvalue weighted by molar-refractivity contribution is 5.80. The monoisotopic (exact) mass is 275 g/mol. The van der Waals surface area contributed by atoms with E-state index < -0.39 is 5.97 Å². The summed E-state index contributed by atoms with van der Waals surface area (Å²) in [6, 6.07) is 9.84. The molecule has 1 aromatic rings. The number of carboxylic acid groups (broad SMARTS) is 1. The molecule has 1 fully saturated rings. The van der Waals surface area contributed by atoms with Crippen LogP contribution in [-0.2, 0) is 16.1 Å². The second-order valence-electron chi connectivity index (χ2n) is 5.58. The third kappa shape index (κ3) is 3.59. The Morgan fingerprint density at radius 3 is 2.50 bits per heavy atom. The summed E-state index contributed by atoms with van der Waals surface area (Å²) in [5.41, 5.74) is 1.09. The van der Waals surface area contributed by atoms with Crippen molar-refractivity contribution in [2.45, 2.75) is 32.2 Å². The third-order valence-electron chi connectivity index (χ3n) is 4.01. The van der Waals surface area contributed by atoms with Crippen LogP contribution in [0.3, 0.4) is 0 Å². The molecule has 0 unspecified atom stereocenters. The minimum absolute atomic E-state index is 0.0693. The number of benzene rings is 1. The molecule has 1 aromatic carbocycles. The van der Waals surface area contributed by atoms with E-state index in [0.717, 1.165) is 18.4 Å². The summed E-state index contributed by atoms with van der Waals surface area (Å²) in [7, 11) is 1.79. The van der Waals surface area contributed by atoms with Crippen LogP contribution in [0.4, 0.5) is 0 Å². The fourth-order valence-corrected chi connectivity index (χ4v) is 2.89. The zero-order valence-corrected chi connectivity index (χ0v) is 11.8. The van der Waals surface area contributed by atoms with Crippen LogP contribution < -0.4 is 0 Å². The van der Waals surface area contributed by atoms with Crippen molar-refractivity contribution in [2.75, 3.05) is 7.05 Å². The van der Waals surface area contributed by atoms with Crippen molar-refractivity contribution in [3.8, 4) is 0 Å². The molecule has 0 aliphatic heterocycles. The van der Waals surface area contributed by atoms with Crippen LogP contribution in [0.1, 0.15) is 31.2 Å². The highest BCUT2D eigenvalue weighted by Gasteiger charge is 2.32. The summed E-state index contributed by atoms with van der Waals surface area (Å²) >= 11 is 0. The van der Waals surface area contributed by atoms with Gasteiger partial charge in [-0.05, 0) is 24.8 Å². The number of hydrogen-bond donors (Lipinski definition) is 1. The summed E-state index contributed by atoms with van der Waals surface area (Å²) in [6.45, 7) is 0.577. The Bertz CT molecular complexity index is 472. The first-order valence-electron chi connectivity index (χ1n) is 7.09. The molecule has 20 heavy (non-hydrogen) atoms. The maximum absolute atomic E-state index is 12.4. The maximum Gasteiger partial charge on any atom is 0.306 e. The predicted molar refractivity (Wildman–Crippen MR) is 76.0 cm³/mol. The molecular formula is C16H21NO3.